The standard InChI is InChI=1S/C34H45FN6O8/c1-3-4-14-48-34(47)40-12-10-39(11-13-40)33(46)27(18-35)38-31(44)26-17-29(24-9-8-21(2)15-25(24)37-26)49-20-30(43)41-19-23(42)16-28(41)32(45)36-22-6-5-7-22/h8-9,15,17,22-23,27-28,42H,3-7,10-14,16,18-20H2,1-2H3,(H,36,45)(H,38,44)/t23-,27?,28-/m0/s1. The lowest BCUT2D eigenvalue weighted by molar-refractivity contribution is -0.140. The summed E-state index contributed by atoms with van der Waals surface area (Å²) in [6.45, 7) is 3.26. The summed E-state index contributed by atoms with van der Waals surface area (Å²) in [4.78, 5) is 73.6. The molecule has 2 aliphatic heterocycles. The number of halogens is 1. The molecule has 15 heteroatoms. The first kappa shape index (κ1) is 35.8. The van der Waals surface area contributed by atoms with Gasteiger partial charge in [0.2, 0.25) is 11.8 Å². The number of aliphatic hydroxyl groups excluding tert-OH is 1. The normalized spacial score (nSPS) is 20.0. The molecule has 3 fully saturated rings. The number of pyridine rings is 1. The minimum absolute atomic E-state index is 0.00830. The Kier molecular flexibility index (Phi) is 11.9. The molecule has 49 heavy (non-hydrogen) atoms. The highest BCUT2D eigenvalue weighted by atomic mass is 19.1. The number of amides is 5. The second-order valence-electron chi connectivity index (χ2n) is 12.9. The first-order valence-electron chi connectivity index (χ1n) is 17.0. The van der Waals surface area contributed by atoms with Crippen molar-refractivity contribution in [2.75, 3.05) is 52.6 Å². The Labute approximate surface area is 284 Å². The number of hydrogen-bond acceptors (Lipinski definition) is 9. The number of unbranched alkanes of at least 4 members (excludes halogenated alkanes) is 1. The van der Waals surface area contributed by atoms with Crippen molar-refractivity contribution >= 4 is 40.6 Å². The molecule has 266 valence electrons. The molecule has 2 aromatic rings. The van der Waals surface area contributed by atoms with Gasteiger partial charge in [0.05, 0.1) is 18.2 Å². The van der Waals surface area contributed by atoms with Crippen molar-refractivity contribution < 1.29 is 42.9 Å². The quantitative estimate of drug-likeness (QED) is 0.282. The second-order valence-corrected chi connectivity index (χ2v) is 12.9. The molecular formula is C34H45FN6O8. The lowest BCUT2D eigenvalue weighted by Gasteiger charge is -2.35. The lowest BCUT2D eigenvalue weighted by Crippen LogP contribution is -2.56. The number of benzene rings is 1. The number of nitrogens with one attached hydrogen (secondary N) is 2. The van der Waals surface area contributed by atoms with Gasteiger partial charge in [0.15, 0.2) is 6.61 Å². The van der Waals surface area contributed by atoms with Crippen LogP contribution in [0.2, 0.25) is 0 Å². The Balaban J connectivity index is 1.24. The number of carbonyl (C=O) groups is 5. The summed E-state index contributed by atoms with van der Waals surface area (Å²) in [6.07, 6.45) is 3.28. The van der Waals surface area contributed by atoms with Crippen LogP contribution in [0, 0.1) is 6.92 Å². The van der Waals surface area contributed by atoms with Crippen LogP contribution in [0.3, 0.4) is 0 Å². The Morgan fingerprint density at radius 3 is 2.49 bits per heavy atom. The summed E-state index contributed by atoms with van der Waals surface area (Å²) in [5.74, 6) is -2.10. The molecule has 0 bridgehead atoms. The average Bonchev–Trinajstić information content (AvgIpc) is 3.48. The van der Waals surface area contributed by atoms with Gasteiger partial charge in [-0.1, -0.05) is 19.4 Å². The maximum Gasteiger partial charge on any atom is 0.409 e. The Morgan fingerprint density at radius 2 is 1.82 bits per heavy atom. The fraction of sp³-hybridized carbons (Fsp3) is 0.588. The minimum Gasteiger partial charge on any atom is -0.483 e. The molecule has 3 heterocycles. The number of aryl methyl sites for hydroxylation is 1. The van der Waals surface area contributed by atoms with Crippen molar-refractivity contribution in [2.45, 2.75) is 76.6 Å². The number of likely N-dealkylation sites (tertiary alicyclic amines) is 1. The number of aliphatic hydroxyl groups is 1. The van der Waals surface area contributed by atoms with E-state index in [0.29, 0.717) is 17.5 Å². The molecule has 1 aromatic heterocycles. The predicted octanol–water partition coefficient (Wildman–Crippen LogP) is 1.70. The fourth-order valence-corrected chi connectivity index (χ4v) is 6.08. The number of alkyl halides is 1. The van der Waals surface area contributed by atoms with Crippen molar-refractivity contribution in [1.29, 1.82) is 0 Å². The SMILES string of the molecule is CCCCOC(=O)N1CCN(C(=O)C(CF)NC(=O)c2cc(OCC(=O)N3C[C@@H](O)C[C@H]3C(=O)NC3CCC3)c3ccc(C)cc3n2)CC1. The van der Waals surface area contributed by atoms with E-state index in [1.165, 1.54) is 20.8 Å². The highest BCUT2D eigenvalue weighted by Crippen LogP contribution is 2.28. The van der Waals surface area contributed by atoms with Crippen LogP contribution in [0.4, 0.5) is 9.18 Å². The summed E-state index contributed by atoms with van der Waals surface area (Å²) in [5, 5.41) is 16.2. The van der Waals surface area contributed by atoms with Crippen LogP contribution in [0.15, 0.2) is 24.3 Å². The lowest BCUT2D eigenvalue weighted by atomic mass is 9.93. The molecule has 3 aliphatic rings. The van der Waals surface area contributed by atoms with E-state index in [1.807, 2.05) is 19.9 Å². The number of aromatic nitrogens is 1. The fourth-order valence-electron chi connectivity index (χ4n) is 6.08. The van der Waals surface area contributed by atoms with Crippen molar-refractivity contribution in [3.05, 3.63) is 35.5 Å². The summed E-state index contributed by atoms with van der Waals surface area (Å²) < 4.78 is 25.3. The molecule has 5 amide bonds. The van der Waals surface area contributed by atoms with Crippen molar-refractivity contribution in [2.24, 2.45) is 0 Å². The smallest absolute Gasteiger partial charge is 0.409 e. The molecule has 3 N–H and O–H groups in total. The van der Waals surface area contributed by atoms with Crippen LogP contribution in [0.25, 0.3) is 10.9 Å². The summed E-state index contributed by atoms with van der Waals surface area (Å²) in [7, 11) is 0. The Bertz CT molecular complexity index is 1550. The number of hydrogen-bond donors (Lipinski definition) is 3. The average molecular weight is 685 g/mol. The summed E-state index contributed by atoms with van der Waals surface area (Å²) >= 11 is 0. The molecular weight excluding hydrogens is 639 g/mol. The molecule has 0 radical (unpaired) electrons. The molecule has 0 spiro atoms. The van der Waals surface area contributed by atoms with Gasteiger partial charge in [0, 0.05) is 56.6 Å². The van der Waals surface area contributed by atoms with Gasteiger partial charge >= 0.3 is 6.09 Å². The third-order valence-electron chi connectivity index (χ3n) is 9.20. The number of piperazine rings is 1. The van der Waals surface area contributed by atoms with E-state index in [9.17, 15) is 33.5 Å². The van der Waals surface area contributed by atoms with Gasteiger partial charge in [0.25, 0.3) is 11.8 Å². The first-order chi connectivity index (χ1) is 23.6. The number of rotatable bonds is 12. The van der Waals surface area contributed by atoms with Gasteiger partial charge in [-0.25, -0.2) is 14.2 Å². The van der Waals surface area contributed by atoms with Crippen LogP contribution < -0.4 is 15.4 Å². The number of ether oxygens (including phenoxy) is 2. The monoisotopic (exact) mass is 684 g/mol. The van der Waals surface area contributed by atoms with E-state index >= 15 is 0 Å². The maximum atomic E-state index is 14.2. The van der Waals surface area contributed by atoms with E-state index in [0.717, 1.165) is 37.7 Å². The molecule has 2 saturated heterocycles. The largest absolute Gasteiger partial charge is 0.483 e. The van der Waals surface area contributed by atoms with Gasteiger partial charge < -0.3 is 39.9 Å². The van der Waals surface area contributed by atoms with Crippen LogP contribution in [-0.2, 0) is 19.1 Å². The van der Waals surface area contributed by atoms with Gasteiger partial charge in [-0.05, 0) is 50.3 Å². The Hall–Kier alpha value is -4.53. The molecule has 1 saturated carbocycles. The topological polar surface area (TPSA) is 171 Å². The summed E-state index contributed by atoms with van der Waals surface area (Å²) in [6, 6.07) is 4.38. The van der Waals surface area contributed by atoms with E-state index in [4.69, 9.17) is 9.47 Å². The van der Waals surface area contributed by atoms with Gasteiger partial charge in [-0.15, -0.1) is 0 Å². The number of fused-ring (bicyclic) bond motifs is 1. The maximum absolute atomic E-state index is 14.2. The first-order valence-corrected chi connectivity index (χ1v) is 17.0. The zero-order valence-corrected chi connectivity index (χ0v) is 28.0. The van der Waals surface area contributed by atoms with Gasteiger partial charge in [-0.2, -0.15) is 0 Å². The van der Waals surface area contributed by atoms with Crippen LogP contribution in [0.1, 0.15) is 61.5 Å². The van der Waals surface area contributed by atoms with Crippen molar-refractivity contribution in [3.63, 3.8) is 0 Å². The molecule has 1 aliphatic carbocycles. The third-order valence-corrected chi connectivity index (χ3v) is 9.20. The van der Waals surface area contributed by atoms with Crippen LogP contribution >= 0.6 is 0 Å². The number of carbonyl (C=O) groups excluding carboxylic acids is 5. The van der Waals surface area contributed by atoms with E-state index < -0.39 is 55.3 Å². The van der Waals surface area contributed by atoms with Gasteiger partial charge in [0.1, 0.15) is 30.2 Å². The second kappa shape index (κ2) is 16.2. The summed E-state index contributed by atoms with van der Waals surface area (Å²) in [5.41, 5.74) is 1.08. The Morgan fingerprint density at radius 1 is 1.08 bits per heavy atom. The zero-order valence-electron chi connectivity index (χ0n) is 28.0. The highest BCUT2D eigenvalue weighted by Gasteiger charge is 2.40. The molecule has 3 atom stereocenters. The van der Waals surface area contributed by atoms with E-state index in [2.05, 4.69) is 15.6 Å². The van der Waals surface area contributed by atoms with Crippen LogP contribution in [-0.4, -0.2) is 131 Å². The third kappa shape index (κ3) is 8.74. The van der Waals surface area contributed by atoms with Crippen LogP contribution in [0.5, 0.6) is 5.75 Å². The molecule has 14 nitrogen and oxygen atoms in total. The zero-order chi connectivity index (χ0) is 35.1. The van der Waals surface area contributed by atoms with E-state index in [-0.39, 0.29) is 62.5 Å². The van der Waals surface area contributed by atoms with Crippen molar-refractivity contribution in [3.8, 4) is 5.75 Å². The molecule has 1 unspecified atom stereocenters. The minimum atomic E-state index is -1.49. The number of nitrogens with zero attached hydrogens (tertiary/aromatic N) is 4. The highest BCUT2D eigenvalue weighted by molar-refractivity contribution is 5.99. The number of β-amino-alcohol motifs (C(OH)–C–C–N with tert-alkyl or cyclic N) is 1. The predicted molar refractivity (Wildman–Crippen MR) is 176 cm³/mol. The van der Waals surface area contributed by atoms with E-state index in [1.54, 1.807) is 12.1 Å². The van der Waals surface area contributed by atoms with Gasteiger partial charge in [-0.3, -0.25) is 19.2 Å². The molecule has 1 aromatic carbocycles. The molecule has 5 rings (SSSR count). The van der Waals surface area contributed by atoms with Crippen molar-refractivity contribution in [1.82, 2.24) is 30.3 Å².